The largest absolute Gasteiger partial charge is 0.379 e. The molecule has 1 aliphatic rings. The van der Waals surface area contributed by atoms with E-state index in [9.17, 15) is 0 Å². The SMILES string of the molecule is CN(C)c1ccncc1NC1CCc2ccccc2C1. The highest BCUT2D eigenvalue weighted by Crippen LogP contribution is 2.27. The van der Waals surface area contributed by atoms with Crippen molar-refractivity contribution in [1.82, 2.24) is 4.98 Å². The van der Waals surface area contributed by atoms with Crippen LogP contribution in [0.1, 0.15) is 17.5 Å². The lowest BCUT2D eigenvalue weighted by Crippen LogP contribution is -2.28. The van der Waals surface area contributed by atoms with Crippen LogP contribution in [-0.4, -0.2) is 25.1 Å². The van der Waals surface area contributed by atoms with Gasteiger partial charge in [-0.15, -0.1) is 0 Å². The molecule has 0 fully saturated rings. The van der Waals surface area contributed by atoms with Crippen molar-refractivity contribution in [1.29, 1.82) is 0 Å². The summed E-state index contributed by atoms with van der Waals surface area (Å²) in [5.41, 5.74) is 5.30. The van der Waals surface area contributed by atoms with E-state index >= 15 is 0 Å². The standard InChI is InChI=1S/C17H21N3/c1-20(2)17-9-10-18-12-16(17)19-15-8-7-13-5-3-4-6-14(13)11-15/h3-6,9-10,12,15,19H,7-8,11H2,1-2H3. The molecule has 1 aromatic heterocycles. The van der Waals surface area contributed by atoms with Gasteiger partial charge in [0.15, 0.2) is 0 Å². The molecule has 0 radical (unpaired) electrons. The maximum absolute atomic E-state index is 4.25. The summed E-state index contributed by atoms with van der Waals surface area (Å²) in [6.07, 6.45) is 7.20. The van der Waals surface area contributed by atoms with Crippen LogP contribution in [0, 0.1) is 0 Å². The van der Waals surface area contributed by atoms with Gasteiger partial charge in [-0.1, -0.05) is 24.3 Å². The lowest BCUT2D eigenvalue weighted by atomic mass is 9.88. The fraction of sp³-hybridized carbons (Fsp3) is 0.353. The van der Waals surface area contributed by atoms with Crippen molar-refractivity contribution in [2.75, 3.05) is 24.3 Å². The fourth-order valence-corrected chi connectivity index (χ4v) is 2.93. The van der Waals surface area contributed by atoms with Crippen LogP contribution in [0.3, 0.4) is 0 Å². The van der Waals surface area contributed by atoms with Gasteiger partial charge in [0, 0.05) is 26.3 Å². The molecule has 0 saturated heterocycles. The third kappa shape index (κ3) is 2.62. The molecule has 0 aliphatic heterocycles. The zero-order chi connectivity index (χ0) is 13.9. The first-order chi connectivity index (χ1) is 9.74. The molecular formula is C17H21N3. The van der Waals surface area contributed by atoms with E-state index in [1.807, 2.05) is 12.4 Å². The van der Waals surface area contributed by atoms with Gasteiger partial charge < -0.3 is 10.2 Å². The van der Waals surface area contributed by atoms with Crippen molar-refractivity contribution in [2.45, 2.75) is 25.3 Å². The lowest BCUT2D eigenvalue weighted by molar-refractivity contribution is 0.610. The van der Waals surface area contributed by atoms with Gasteiger partial charge in [-0.25, -0.2) is 0 Å². The van der Waals surface area contributed by atoms with Crippen LogP contribution in [0.15, 0.2) is 42.7 Å². The minimum absolute atomic E-state index is 0.493. The summed E-state index contributed by atoms with van der Waals surface area (Å²) in [4.78, 5) is 6.37. The molecule has 1 N–H and O–H groups in total. The zero-order valence-electron chi connectivity index (χ0n) is 12.1. The van der Waals surface area contributed by atoms with Crippen molar-refractivity contribution in [3.63, 3.8) is 0 Å². The van der Waals surface area contributed by atoms with Gasteiger partial charge in [-0.05, 0) is 36.5 Å². The van der Waals surface area contributed by atoms with Crippen LogP contribution < -0.4 is 10.2 Å². The molecule has 2 aromatic rings. The molecule has 1 aromatic carbocycles. The highest BCUT2D eigenvalue weighted by molar-refractivity contribution is 5.68. The molecule has 1 aliphatic carbocycles. The number of aromatic nitrogens is 1. The fourth-order valence-electron chi connectivity index (χ4n) is 2.93. The Morgan fingerprint density at radius 1 is 1.15 bits per heavy atom. The van der Waals surface area contributed by atoms with E-state index in [-0.39, 0.29) is 0 Å². The molecular weight excluding hydrogens is 246 g/mol. The Morgan fingerprint density at radius 3 is 2.75 bits per heavy atom. The second-order valence-electron chi connectivity index (χ2n) is 5.64. The molecule has 104 valence electrons. The van der Waals surface area contributed by atoms with Crippen LogP contribution in [0.5, 0.6) is 0 Å². The van der Waals surface area contributed by atoms with Crippen molar-refractivity contribution >= 4 is 11.4 Å². The first-order valence-corrected chi connectivity index (χ1v) is 7.18. The Hall–Kier alpha value is -2.03. The molecule has 1 atom stereocenters. The third-order valence-electron chi connectivity index (χ3n) is 3.99. The number of aryl methyl sites for hydroxylation is 1. The number of fused-ring (bicyclic) bond motifs is 1. The van der Waals surface area contributed by atoms with Crippen LogP contribution in [0.25, 0.3) is 0 Å². The average molecular weight is 267 g/mol. The Bertz CT molecular complexity index is 592. The van der Waals surface area contributed by atoms with E-state index in [1.165, 1.54) is 23.2 Å². The highest BCUT2D eigenvalue weighted by Gasteiger charge is 2.19. The van der Waals surface area contributed by atoms with E-state index in [4.69, 9.17) is 0 Å². The summed E-state index contributed by atoms with van der Waals surface area (Å²) >= 11 is 0. The molecule has 0 amide bonds. The van der Waals surface area contributed by atoms with Gasteiger partial charge in [0.05, 0.1) is 17.6 Å². The molecule has 3 heteroatoms. The smallest absolute Gasteiger partial charge is 0.0766 e. The number of hydrogen-bond donors (Lipinski definition) is 1. The monoisotopic (exact) mass is 267 g/mol. The van der Waals surface area contributed by atoms with Crippen molar-refractivity contribution in [3.8, 4) is 0 Å². The number of nitrogens with one attached hydrogen (secondary N) is 1. The minimum Gasteiger partial charge on any atom is -0.379 e. The van der Waals surface area contributed by atoms with Gasteiger partial charge in [0.2, 0.25) is 0 Å². The molecule has 20 heavy (non-hydrogen) atoms. The quantitative estimate of drug-likeness (QED) is 0.926. The predicted octanol–water partition coefficient (Wildman–Crippen LogP) is 3.12. The number of rotatable bonds is 3. The number of anilines is 2. The minimum atomic E-state index is 0.493. The second-order valence-corrected chi connectivity index (χ2v) is 5.64. The number of nitrogens with zero attached hydrogens (tertiary/aromatic N) is 2. The van der Waals surface area contributed by atoms with Crippen molar-refractivity contribution < 1.29 is 0 Å². The van der Waals surface area contributed by atoms with E-state index in [2.05, 4.69) is 59.6 Å². The summed E-state index contributed by atoms with van der Waals surface area (Å²) in [7, 11) is 4.13. The van der Waals surface area contributed by atoms with Gasteiger partial charge >= 0.3 is 0 Å². The van der Waals surface area contributed by atoms with E-state index < -0.39 is 0 Å². The second kappa shape index (κ2) is 5.53. The third-order valence-corrected chi connectivity index (χ3v) is 3.99. The number of pyridine rings is 1. The average Bonchev–Trinajstić information content (AvgIpc) is 2.47. The highest BCUT2D eigenvalue weighted by atomic mass is 15.1. The van der Waals surface area contributed by atoms with Gasteiger partial charge in [-0.2, -0.15) is 0 Å². The zero-order valence-corrected chi connectivity index (χ0v) is 12.1. The lowest BCUT2D eigenvalue weighted by Gasteiger charge is -2.28. The summed E-state index contributed by atoms with van der Waals surface area (Å²) in [5.74, 6) is 0. The van der Waals surface area contributed by atoms with E-state index in [1.54, 1.807) is 0 Å². The number of benzene rings is 1. The maximum Gasteiger partial charge on any atom is 0.0766 e. The summed E-state index contributed by atoms with van der Waals surface area (Å²) in [6, 6.07) is 11.3. The van der Waals surface area contributed by atoms with Crippen LogP contribution in [0.4, 0.5) is 11.4 Å². The van der Waals surface area contributed by atoms with Crippen molar-refractivity contribution in [3.05, 3.63) is 53.9 Å². The molecule has 0 saturated carbocycles. The molecule has 3 nitrogen and oxygen atoms in total. The molecule has 0 bridgehead atoms. The molecule has 1 unspecified atom stereocenters. The van der Waals surface area contributed by atoms with Gasteiger partial charge in [0.25, 0.3) is 0 Å². The van der Waals surface area contributed by atoms with Crippen LogP contribution in [-0.2, 0) is 12.8 Å². The first-order valence-electron chi connectivity index (χ1n) is 7.18. The molecule has 0 spiro atoms. The predicted molar refractivity (Wildman–Crippen MR) is 84.4 cm³/mol. The van der Waals surface area contributed by atoms with E-state index in [0.717, 1.165) is 18.5 Å². The topological polar surface area (TPSA) is 28.2 Å². The number of hydrogen-bond acceptors (Lipinski definition) is 3. The summed E-state index contributed by atoms with van der Waals surface area (Å²) < 4.78 is 0. The normalized spacial score (nSPS) is 17.4. The Balaban J connectivity index is 1.77. The van der Waals surface area contributed by atoms with Gasteiger partial charge in [0.1, 0.15) is 0 Å². The summed E-state index contributed by atoms with van der Waals surface area (Å²) in [5, 5.41) is 3.67. The van der Waals surface area contributed by atoms with E-state index in [0.29, 0.717) is 6.04 Å². The Morgan fingerprint density at radius 2 is 1.95 bits per heavy atom. The van der Waals surface area contributed by atoms with Gasteiger partial charge in [-0.3, -0.25) is 4.98 Å². The van der Waals surface area contributed by atoms with Crippen LogP contribution in [0.2, 0.25) is 0 Å². The Labute approximate surface area is 120 Å². The maximum atomic E-state index is 4.25. The Kier molecular flexibility index (Phi) is 3.59. The first kappa shape index (κ1) is 13.0. The summed E-state index contributed by atoms with van der Waals surface area (Å²) in [6.45, 7) is 0. The van der Waals surface area contributed by atoms with Crippen LogP contribution >= 0.6 is 0 Å². The molecule has 3 rings (SSSR count). The molecule has 1 heterocycles. The van der Waals surface area contributed by atoms with Crippen molar-refractivity contribution in [2.24, 2.45) is 0 Å².